The van der Waals surface area contributed by atoms with Crippen LogP contribution in [0.4, 0.5) is 10.2 Å². The normalized spacial score (nSPS) is 11.1. The average molecular weight is 363 g/mol. The molecule has 2 heterocycles. The number of benzene rings is 2. The van der Waals surface area contributed by atoms with Gasteiger partial charge < -0.3 is 9.88 Å². The third-order valence-electron chi connectivity index (χ3n) is 4.44. The lowest BCUT2D eigenvalue weighted by molar-refractivity contribution is -0.116. The molecule has 0 spiro atoms. The van der Waals surface area contributed by atoms with Crippen LogP contribution in [0.15, 0.2) is 54.9 Å². The molecule has 7 heteroatoms. The van der Waals surface area contributed by atoms with E-state index in [9.17, 15) is 9.18 Å². The molecule has 4 aromatic rings. The van der Waals surface area contributed by atoms with Crippen molar-refractivity contribution >= 4 is 22.6 Å². The number of rotatable bonds is 4. The van der Waals surface area contributed by atoms with Gasteiger partial charge >= 0.3 is 0 Å². The standard InChI is InChI=1S/C20H18FN5O/c1-13-9-14(3-5-17(13)21)15-4-6-18-16(10-15)7-8-26(18)12-20(27)23-19-11-22-25(2)24-19/h3-11H,12H2,1-2H3,(H,23,24,27). The maximum atomic E-state index is 13.5. The minimum absolute atomic E-state index is 0.175. The van der Waals surface area contributed by atoms with E-state index in [1.807, 2.05) is 41.1 Å². The summed E-state index contributed by atoms with van der Waals surface area (Å²) in [6.45, 7) is 1.93. The Labute approximate surface area is 155 Å². The predicted octanol–water partition coefficient (Wildman–Crippen LogP) is 3.52. The lowest BCUT2D eigenvalue weighted by atomic mass is 10.0. The maximum absolute atomic E-state index is 13.5. The first-order valence-electron chi connectivity index (χ1n) is 8.51. The molecule has 0 saturated heterocycles. The lowest BCUT2D eigenvalue weighted by Gasteiger charge is -2.07. The molecule has 2 aromatic carbocycles. The van der Waals surface area contributed by atoms with Crippen molar-refractivity contribution in [3.63, 3.8) is 0 Å². The molecular weight excluding hydrogens is 345 g/mol. The summed E-state index contributed by atoms with van der Waals surface area (Å²) in [7, 11) is 1.69. The summed E-state index contributed by atoms with van der Waals surface area (Å²) in [4.78, 5) is 13.6. The zero-order valence-electron chi connectivity index (χ0n) is 15.0. The zero-order chi connectivity index (χ0) is 19.0. The highest BCUT2D eigenvalue weighted by atomic mass is 19.1. The highest BCUT2D eigenvalue weighted by Gasteiger charge is 2.10. The monoisotopic (exact) mass is 363 g/mol. The Bertz CT molecular complexity index is 1140. The molecule has 27 heavy (non-hydrogen) atoms. The van der Waals surface area contributed by atoms with Gasteiger partial charge in [-0.2, -0.15) is 9.90 Å². The second-order valence-electron chi connectivity index (χ2n) is 6.45. The van der Waals surface area contributed by atoms with Crippen LogP contribution in [0, 0.1) is 12.7 Å². The second kappa shape index (κ2) is 6.68. The summed E-state index contributed by atoms with van der Waals surface area (Å²) in [6, 6.07) is 13.0. The molecule has 0 aliphatic heterocycles. The van der Waals surface area contributed by atoms with Crippen LogP contribution >= 0.6 is 0 Å². The van der Waals surface area contributed by atoms with Crippen molar-refractivity contribution in [1.29, 1.82) is 0 Å². The maximum Gasteiger partial charge on any atom is 0.245 e. The Morgan fingerprint density at radius 3 is 2.67 bits per heavy atom. The quantitative estimate of drug-likeness (QED) is 0.603. The van der Waals surface area contributed by atoms with Gasteiger partial charge in [-0.25, -0.2) is 4.39 Å². The lowest BCUT2D eigenvalue weighted by Crippen LogP contribution is -2.18. The van der Waals surface area contributed by atoms with Crippen LogP contribution < -0.4 is 5.32 Å². The molecule has 0 fully saturated rings. The molecule has 0 bridgehead atoms. The number of aryl methyl sites for hydroxylation is 2. The van der Waals surface area contributed by atoms with E-state index in [2.05, 4.69) is 15.5 Å². The Hall–Kier alpha value is -3.48. The van der Waals surface area contributed by atoms with E-state index in [1.54, 1.807) is 20.0 Å². The first kappa shape index (κ1) is 17.0. The molecule has 0 aliphatic rings. The molecular formula is C20H18FN5O. The van der Waals surface area contributed by atoms with Gasteiger partial charge in [-0.15, -0.1) is 5.10 Å². The van der Waals surface area contributed by atoms with Crippen molar-refractivity contribution in [1.82, 2.24) is 19.6 Å². The molecule has 4 rings (SSSR count). The summed E-state index contributed by atoms with van der Waals surface area (Å²) in [5.74, 6) is 0.0410. The predicted molar refractivity (Wildman–Crippen MR) is 102 cm³/mol. The fourth-order valence-corrected chi connectivity index (χ4v) is 3.08. The van der Waals surface area contributed by atoms with Crippen molar-refractivity contribution < 1.29 is 9.18 Å². The summed E-state index contributed by atoms with van der Waals surface area (Å²) in [5, 5.41) is 11.7. The number of carbonyl (C=O) groups is 1. The van der Waals surface area contributed by atoms with Gasteiger partial charge in [-0.05, 0) is 53.9 Å². The van der Waals surface area contributed by atoms with Crippen LogP contribution in [-0.4, -0.2) is 25.5 Å². The molecule has 136 valence electrons. The Balaban J connectivity index is 1.57. The van der Waals surface area contributed by atoms with Gasteiger partial charge in [0, 0.05) is 24.1 Å². The summed E-state index contributed by atoms with van der Waals surface area (Å²) in [5.41, 5.74) is 3.54. The Kier molecular flexibility index (Phi) is 4.19. The summed E-state index contributed by atoms with van der Waals surface area (Å²) in [6.07, 6.45) is 3.38. The molecule has 6 nitrogen and oxygen atoms in total. The second-order valence-corrected chi connectivity index (χ2v) is 6.45. The van der Waals surface area contributed by atoms with Gasteiger partial charge in [-0.3, -0.25) is 4.79 Å². The van der Waals surface area contributed by atoms with Crippen LogP contribution in [0.2, 0.25) is 0 Å². The number of halogens is 1. The van der Waals surface area contributed by atoms with Crippen LogP contribution in [-0.2, 0) is 18.4 Å². The molecule has 1 amide bonds. The number of aromatic nitrogens is 4. The van der Waals surface area contributed by atoms with Gasteiger partial charge in [0.25, 0.3) is 0 Å². The van der Waals surface area contributed by atoms with Gasteiger partial charge in [0.15, 0.2) is 5.82 Å². The third kappa shape index (κ3) is 3.44. The number of fused-ring (bicyclic) bond motifs is 1. The number of anilines is 1. The Morgan fingerprint density at radius 1 is 1.15 bits per heavy atom. The summed E-state index contributed by atoms with van der Waals surface area (Å²) >= 11 is 0. The van der Waals surface area contributed by atoms with E-state index >= 15 is 0 Å². The van der Waals surface area contributed by atoms with E-state index in [4.69, 9.17) is 0 Å². The first-order chi connectivity index (χ1) is 13.0. The van der Waals surface area contributed by atoms with Crippen molar-refractivity contribution in [3.05, 3.63) is 66.2 Å². The fourth-order valence-electron chi connectivity index (χ4n) is 3.08. The van der Waals surface area contributed by atoms with Gasteiger partial charge in [0.05, 0.1) is 6.20 Å². The topological polar surface area (TPSA) is 64.7 Å². The minimum atomic E-state index is -0.208. The third-order valence-corrected chi connectivity index (χ3v) is 4.44. The van der Waals surface area contributed by atoms with Crippen LogP contribution in [0.3, 0.4) is 0 Å². The van der Waals surface area contributed by atoms with Crippen molar-refractivity contribution in [2.75, 3.05) is 5.32 Å². The molecule has 1 N–H and O–H groups in total. The highest BCUT2D eigenvalue weighted by molar-refractivity contribution is 5.92. The number of amides is 1. The number of carbonyl (C=O) groups excluding carboxylic acids is 1. The number of nitrogens with zero attached hydrogens (tertiary/aromatic N) is 4. The molecule has 0 radical (unpaired) electrons. The Morgan fingerprint density at radius 2 is 1.93 bits per heavy atom. The van der Waals surface area contributed by atoms with Gasteiger partial charge in [-0.1, -0.05) is 12.1 Å². The molecule has 2 aromatic heterocycles. The van der Waals surface area contributed by atoms with Crippen LogP contribution in [0.5, 0.6) is 0 Å². The molecule has 0 unspecified atom stereocenters. The van der Waals surface area contributed by atoms with Crippen molar-refractivity contribution in [3.8, 4) is 11.1 Å². The minimum Gasteiger partial charge on any atom is -0.338 e. The molecule has 0 aliphatic carbocycles. The van der Waals surface area contributed by atoms with Crippen LogP contribution in [0.25, 0.3) is 22.0 Å². The fraction of sp³-hybridized carbons (Fsp3) is 0.150. The molecule has 0 saturated carbocycles. The average Bonchev–Trinajstić information content (AvgIpc) is 3.23. The van der Waals surface area contributed by atoms with E-state index in [0.29, 0.717) is 11.4 Å². The van der Waals surface area contributed by atoms with Gasteiger partial charge in [0.2, 0.25) is 5.91 Å². The van der Waals surface area contributed by atoms with E-state index in [1.165, 1.54) is 17.1 Å². The van der Waals surface area contributed by atoms with Crippen molar-refractivity contribution in [2.45, 2.75) is 13.5 Å². The van der Waals surface area contributed by atoms with E-state index in [0.717, 1.165) is 22.0 Å². The SMILES string of the molecule is Cc1cc(-c2ccc3c(ccn3CC(=O)Nc3cnn(C)n3)c2)ccc1F. The smallest absolute Gasteiger partial charge is 0.245 e. The van der Waals surface area contributed by atoms with E-state index < -0.39 is 0 Å². The van der Waals surface area contributed by atoms with Gasteiger partial charge in [0.1, 0.15) is 12.4 Å². The first-order valence-corrected chi connectivity index (χ1v) is 8.51. The largest absolute Gasteiger partial charge is 0.338 e. The molecule has 0 atom stereocenters. The highest BCUT2D eigenvalue weighted by Crippen LogP contribution is 2.26. The van der Waals surface area contributed by atoms with E-state index in [-0.39, 0.29) is 18.3 Å². The van der Waals surface area contributed by atoms with Crippen LogP contribution in [0.1, 0.15) is 5.56 Å². The zero-order valence-corrected chi connectivity index (χ0v) is 15.0. The number of hydrogen-bond donors (Lipinski definition) is 1. The number of nitrogens with one attached hydrogen (secondary N) is 1. The number of hydrogen-bond acceptors (Lipinski definition) is 3. The summed E-state index contributed by atoms with van der Waals surface area (Å²) < 4.78 is 15.4. The van der Waals surface area contributed by atoms with Crippen molar-refractivity contribution in [2.24, 2.45) is 7.05 Å².